The van der Waals surface area contributed by atoms with Gasteiger partial charge in [0.1, 0.15) is 0 Å². The van der Waals surface area contributed by atoms with E-state index in [1.54, 1.807) is 6.07 Å². The Kier molecular flexibility index (Phi) is 4.17. The molecule has 0 saturated heterocycles. The minimum Gasteiger partial charge on any atom is -0.494 e. The predicted octanol–water partition coefficient (Wildman–Crippen LogP) is 3.53. The summed E-state index contributed by atoms with van der Waals surface area (Å²) in [5, 5.41) is 3.12. The zero-order valence-corrected chi connectivity index (χ0v) is 11.5. The molecule has 0 aliphatic rings. The minimum atomic E-state index is -0.335. The molecule has 0 aliphatic heterocycles. The van der Waals surface area contributed by atoms with Gasteiger partial charge in [-0.25, -0.2) is 4.39 Å². The fourth-order valence-corrected chi connectivity index (χ4v) is 2.20. The van der Waals surface area contributed by atoms with Crippen LogP contribution >= 0.6 is 0 Å². The molecular formula is C16H18FNO. The Hall–Kier alpha value is -1.87. The van der Waals surface area contributed by atoms with Crippen LogP contribution in [-0.4, -0.2) is 14.2 Å². The fraction of sp³-hybridized carbons (Fsp3) is 0.250. The van der Waals surface area contributed by atoms with Crippen molar-refractivity contribution in [3.05, 3.63) is 53.3 Å². The van der Waals surface area contributed by atoms with Crippen molar-refractivity contribution >= 4 is 0 Å². The van der Waals surface area contributed by atoms with E-state index in [2.05, 4.69) is 17.4 Å². The number of halogens is 1. The fourth-order valence-electron chi connectivity index (χ4n) is 2.20. The second kappa shape index (κ2) is 5.85. The maximum atomic E-state index is 13.7. The van der Waals surface area contributed by atoms with Crippen LogP contribution in [0.25, 0.3) is 11.1 Å². The first kappa shape index (κ1) is 13.6. The summed E-state index contributed by atoms with van der Waals surface area (Å²) in [4.78, 5) is 0. The molecule has 1 N–H and O–H groups in total. The number of hydrogen-bond donors (Lipinski definition) is 1. The highest BCUT2D eigenvalue weighted by atomic mass is 19.1. The molecule has 0 saturated carbocycles. The van der Waals surface area contributed by atoms with Gasteiger partial charge in [-0.1, -0.05) is 24.3 Å². The summed E-state index contributed by atoms with van der Waals surface area (Å²) >= 11 is 0. The van der Waals surface area contributed by atoms with Crippen LogP contribution in [0.2, 0.25) is 0 Å². The van der Waals surface area contributed by atoms with Gasteiger partial charge in [-0.3, -0.25) is 0 Å². The molecular weight excluding hydrogens is 241 g/mol. The zero-order valence-electron chi connectivity index (χ0n) is 11.5. The maximum absolute atomic E-state index is 13.7. The number of methoxy groups -OCH3 is 1. The van der Waals surface area contributed by atoms with Gasteiger partial charge in [0.15, 0.2) is 11.6 Å². The third-order valence-electron chi connectivity index (χ3n) is 3.13. The quantitative estimate of drug-likeness (QED) is 0.907. The lowest BCUT2D eigenvalue weighted by atomic mass is 9.98. The smallest absolute Gasteiger partial charge is 0.165 e. The minimum absolute atomic E-state index is 0.271. The highest BCUT2D eigenvalue weighted by molar-refractivity contribution is 5.68. The Morgan fingerprint density at radius 3 is 2.53 bits per heavy atom. The molecule has 0 aliphatic carbocycles. The Balaban J connectivity index is 2.39. The lowest BCUT2D eigenvalue weighted by molar-refractivity contribution is 0.386. The van der Waals surface area contributed by atoms with Crippen LogP contribution in [-0.2, 0) is 6.54 Å². The first-order valence-corrected chi connectivity index (χ1v) is 6.23. The normalized spacial score (nSPS) is 10.5. The van der Waals surface area contributed by atoms with Crippen LogP contribution in [0, 0.1) is 12.7 Å². The van der Waals surface area contributed by atoms with E-state index in [9.17, 15) is 4.39 Å². The summed E-state index contributed by atoms with van der Waals surface area (Å²) < 4.78 is 18.7. The highest BCUT2D eigenvalue weighted by Crippen LogP contribution is 2.28. The van der Waals surface area contributed by atoms with E-state index in [4.69, 9.17) is 4.74 Å². The van der Waals surface area contributed by atoms with E-state index in [0.29, 0.717) is 0 Å². The standard InChI is InChI=1S/C16H18FNO/c1-11-8-12(10-18-2)4-6-14(11)13-5-7-16(19-3)15(17)9-13/h4-9,18H,10H2,1-3H3. The van der Waals surface area contributed by atoms with Crippen LogP contribution < -0.4 is 10.1 Å². The molecule has 100 valence electrons. The predicted molar refractivity (Wildman–Crippen MR) is 75.9 cm³/mol. The molecule has 2 aromatic carbocycles. The molecule has 0 radical (unpaired) electrons. The second-order valence-corrected chi connectivity index (χ2v) is 4.53. The molecule has 0 spiro atoms. The number of rotatable bonds is 4. The summed E-state index contributed by atoms with van der Waals surface area (Å²) in [5.41, 5.74) is 4.27. The van der Waals surface area contributed by atoms with E-state index in [1.807, 2.05) is 26.1 Å². The molecule has 0 heterocycles. The van der Waals surface area contributed by atoms with Gasteiger partial charge in [0.2, 0.25) is 0 Å². The second-order valence-electron chi connectivity index (χ2n) is 4.53. The summed E-state index contributed by atoms with van der Waals surface area (Å²) in [6, 6.07) is 11.3. The molecule has 19 heavy (non-hydrogen) atoms. The average molecular weight is 259 g/mol. The van der Waals surface area contributed by atoms with E-state index >= 15 is 0 Å². The molecule has 0 aromatic heterocycles. The summed E-state index contributed by atoms with van der Waals surface area (Å²) in [5.74, 6) is -0.0630. The van der Waals surface area contributed by atoms with Crippen molar-refractivity contribution in [2.24, 2.45) is 0 Å². The first-order chi connectivity index (χ1) is 9.15. The van der Waals surface area contributed by atoms with E-state index in [0.717, 1.165) is 23.2 Å². The summed E-state index contributed by atoms with van der Waals surface area (Å²) in [6.45, 7) is 2.87. The Bertz CT molecular complexity index is 581. The third-order valence-corrected chi connectivity index (χ3v) is 3.13. The molecule has 3 heteroatoms. The van der Waals surface area contributed by atoms with E-state index in [-0.39, 0.29) is 11.6 Å². The van der Waals surface area contributed by atoms with Crippen LogP contribution in [0.3, 0.4) is 0 Å². The lowest BCUT2D eigenvalue weighted by Crippen LogP contribution is -2.05. The molecule has 2 nitrogen and oxygen atoms in total. The van der Waals surface area contributed by atoms with Crippen LogP contribution in [0.5, 0.6) is 5.75 Å². The lowest BCUT2D eigenvalue weighted by Gasteiger charge is -2.10. The Morgan fingerprint density at radius 2 is 1.95 bits per heavy atom. The average Bonchev–Trinajstić information content (AvgIpc) is 2.39. The zero-order chi connectivity index (χ0) is 13.8. The van der Waals surface area contributed by atoms with Crippen molar-refractivity contribution in [2.75, 3.05) is 14.2 Å². The highest BCUT2D eigenvalue weighted by Gasteiger charge is 2.07. The maximum Gasteiger partial charge on any atom is 0.165 e. The number of hydrogen-bond acceptors (Lipinski definition) is 2. The number of ether oxygens (including phenoxy) is 1. The van der Waals surface area contributed by atoms with Gasteiger partial charge < -0.3 is 10.1 Å². The molecule has 2 aromatic rings. The molecule has 0 unspecified atom stereocenters. The molecule has 0 bridgehead atoms. The van der Waals surface area contributed by atoms with Gasteiger partial charge in [-0.05, 0) is 48.4 Å². The number of aryl methyl sites for hydroxylation is 1. The van der Waals surface area contributed by atoms with Gasteiger partial charge in [0.05, 0.1) is 7.11 Å². The van der Waals surface area contributed by atoms with Gasteiger partial charge in [-0.2, -0.15) is 0 Å². The van der Waals surface area contributed by atoms with Gasteiger partial charge in [0, 0.05) is 6.54 Å². The Labute approximate surface area is 113 Å². The van der Waals surface area contributed by atoms with Crippen LogP contribution in [0.4, 0.5) is 4.39 Å². The SMILES string of the molecule is CNCc1ccc(-c2ccc(OC)c(F)c2)c(C)c1. The van der Waals surface area contributed by atoms with Crippen molar-refractivity contribution in [3.8, 4) is 16.9 Å². The summed E-state index contributed by atoms with van der Waals surface area (Å²) in [7, 11) is 3.39. The topological polar surface area (TPSA) is 21.3 Å². The van der Waals surface area contributed by atoms with Crippen molar-refractivity contribution in [2.45, 2.75) is 13.5 Å². The van der Waals surface area contributed by atoms with Crippen molar-refractivity contribution < 1.29 is 9.13 Å². The Morgan fingerprint density at radius 1 is 1.16 bits per heavy atom. The van der Waals surface area contributed by atoms with Crippen molar-refractivity contribution in [1.82, 2.24) is 5.32 Å². The van der Waals surface area contributed by atoms with Gasteiger partial charge >= 0.3 is 0 Å². The van der Waals surface area contributed by atoms with Gasteiger partial charge in [0.25, 0.3) is 0 Å². The molecule has 0 fully saturated rings. The van der Waals surface area contributed by atoms with Gasteiger partial charge in [-0.15, -0.1) is 0 Å². The third kappa shape index (κ3) is 2.93. The largest absolute Gasteiger partial charge is 0.494 e. The first-order valence-electron chi connectivity index (χ1n) is 6.23. The van der Waals surface area contributed by atoms with Crippen molar-refractivity contribution in [3.63, 3.8) is 0 Å². The molecule has 0 atom stereocenters. The van der Waals surface area contributed by atoms with Crippen LogP contribution in [0.15, 0.2) is 36.4 Å². The van der Waals surface area contributed by atoms with Crippen LogP contribution in [0.1, 0.15) is 11.1 Å². The monoisotopic (exact) mass is 259 g/mol. The van der Waals surface area contributed by atoms with E-state index < -0.39 is 0 Å². The molecule has 2 rings (SSSR count). The number of nitrogens with one attached hydrogen (secondary N) is 1. The number of benzene rings is 2. The summed E-state index contributed by atoms with van der Waals surface area (Å²) in [6.07, 6.45) is 0. The molecule has 0 amide bonds. The van der Waals surface area contributed by atoms with Crippen molar-refractivity contribution in [1.29, 1.82) is 0 Å². The van der Waals surface area contributed by atoms with E-state index in [1.165, 1.54) is 18.7 Å².